The highest BCUT2D eigenvalue weighted by molar-refractivity contribution is 6.32. The van der Waals surface area contributed by atoms with Crippen molar-refractivity contribution in [3.05, 3.63) is 58.6 Å². The van der Waals surface area contributed by atoms with Crippen LogP contribution >= 0.6 is 11.6 Å². The van der Waals surface area contributed by atoms with E-state index < -0.39 is 24.0 Å². The summed E-state index contributed by atoms with van der Waals surface area (Å²) >= 11 is 6.03. The maximum Gasteiger partial charge on any atom is 0.339 e. The lowest BCUT2D eigenvalue weighted by atomic mass is 10.2. The van der Waals surface area contributed by atoms with Crippen LogP contribution in [0.25, 0.3) is 0 Å². The van der Waals surface area contributed by atoms with Gasteiger partial charge in [-0.05, 0) is 24.6 Å². The van der Waals surface area contributed by atoms with Crippen LogP contribution in [-0.2, 0) is 16.1 Å². The molecule has 1 aliphatic heterocycles. The Kier molecular flexibility index (Phi) is 6.00. The Morgan fingerprint density at radius 3 is 2.68 bits per heavy atom. The summed E-state index contributed by atoms with van der Waals surface area (Å²) in [6.45, 7) is 1.61. The summed E-state index contributed by atoms with van der Waals surface area (Å²) in [6, 6.07) is 11.3. The zero-order valence-electron chi connectivity index (χ0n) is 14.9. The lowest BCUT2D eigenvalue weighted by Gasteiger charge is -2.14. The van der Waals surface area contributed by atoms with Gasteiger partial charge < -0.3 is 19.5 Å². The Morgan fingerprint density at radius 1 is 1.18 bits per heavy atom. The SMILES string of the molecule is C[C@H](OC(=O)c1cc(Cl)c2c(c1)OCO2)C(=O)NC(=O)NCc1ccccc1. The van der Waals surface area contributed by atoms with E-state index in [0.29, 0.717) is 11.5 Å². The fourth-order valence-electron chi connectivity index (χ4n) is 2.40. The smallest absolute Gasteiger partial charge is 0.339 e. The van der Waals surface area contributed by atoms with Crippen LogP contribution < -0.4 is 20.1 Å². The summed E-state index contributed by atoms with van der Waals surface area (Å²) in [5.41, 5.74) is 0.978. The number of nitrogens with one attached hydrogen (secondary N) is 2. The molecule has 3 amide bonds. The molecule has 0 unspecified atom stereocenters. The van der Waals surface area contributed by atoms with Crippen molar-refractivity contribution in [1.29, 1.82) is 0 Å². The second kappa shape index (κ2) is 8.62. The second-order valence-electron chi connectivity index (χ2n) is 5.90. The number of benzene rings is 2. The van der Waals surface area contributed by atoms with Crippen LogP contribution in [0.3, 0.4) is 0 Å². The monoisotopic (exact) mass is 404 g/mol. The maximum atomic E-state index is 12.3. The number of rotatable bonds is 5. The van der Waals surface area contributed by atoms with Crippen molar-refractivity contribution in [2.45, 2.75) is 19.6 Å². The summed E-state index contributed by atoms with van der Waals surface area (Å²) in [4.78, 5) is 36.1. The first-order valence-electron chi connectivity index (χ1n) is 8.37. The number of hydrogen-bond acceptors (Lipinski definition) is 6. The minimum absolute atomic E-state index is 0.00442. The van der Waals surface area contributed by atoms with E-state index in [2.05, 4.69) is 10.6 Å². The number of imide groups is 1. The highest BCUT2D eigenvalue weighted by atomic mass is 35.5. The van der Waals surface area contributed by atoms with Gasteiger partial charge in [0.15, 0.2) is 17.6 Å². The maximum absolute atomic E-state index is 12.3. The topological polar surface area (TPSA) is 103 Å². The average Bonchev–Trinajstić information content (AvgIpc) is 3.16. The van der Waals surface area contributed by atoms with Crippen LogP contribution in [0.5, 0.6) is 11.5 Å². The lowest BCUT2D eigenvalue weighted by Crippen LogP contribution is -2.44. The number of hydrogen-bond donors (Lipinski definition) is 2. The molecule has 0 saturated heterocycles. The summed E-state index contributed by atoms with van der Waals surface area (Å²) in [5, 5.41) is 4.86. The van der Waals surface area contributed by atoms with Crippen molar-refractivity contribution < 1.29 is 28.6 Å². The highest BCUT2D eigenvalue weighted by Crippen LogP contribution is 2.39. The predicted octanol–water partition coefficient (Wildman–Crippen LogP) is 2.64. The second-order valence-corrected chi connectivity index (χ2v) is 6.30. The van der Waals surface area contributed by atoms with E-state index in [1.165, 1.54) is 19.1 Å². The number of urea groups is 1. The van der Waals surface area contributed by atoms with Crippen molar-refractivity contribution >= 4 is 29.5 Å². The number of carbonyl (C=O) groups excluding carboxylic acids is 3. The number of halogens is 1. The molecule has 2 aromatic rings. The van der Waals surface area contributed by atoms with E-state index >= 15 is 0 Å². The number of amides is 3. The highest BCUT2D eigenvalue weighted by Gasteiger charge is 2.24. The fraction of sp³-hybridized carbons (Fsp3) is 0.211. The molecule has 8 nitrogen and oxygen atoms in total. The quantitative estimate of drug-likeness (QED) is 0.742. The van der Waals surface area contributed by atoms with Gasteiger partial charge in [-0.1, -0.05) is 41.9 Å². The Balaban J connectivity index is 1.51. The summed E-state index contributed by atoms with van der Waals surface area (Å²) in [7, 11) is 0. The van der Waals surface area contributed by atoms with E-state index in [1.807, 2.05) is 30.3 Å². The first-order chi connectivity index (χ1) is 13.4. The molecule has 1 atom stereocenters. The van der Waals surface area contributed by atoms with Gasteiger partial charge in [0.1, 0.15) is 0 Å². The molecule has 0 fully saturated rings. The van der Waals surface area contributed by atoms with Crippen LogP contribution in [0.2, 0.25) is 5.02 Å². The molecule has 1 aliphatic rings. The Bertz CT molecular complexity index is 903. The minimum Gasteiger partial charge on any atom is -0.454 e. The Hall–Kier alpha value is -3.26. The third-order valence-corrected chi connectivity index (χ3v) is 4.13. The summed E-state index contributed by atoms with van der Waals surface area (Å²) in [5.74, 6) is -0.880. The van der Waals surface area contributed by atoms with Gasteiger partial charge in [-0.3, -0.25) is 10.1 Å². The molecule has 28 heavy (non-hydrogen) atoms. The third kappa shape index (κ3) is 4.72. The summed E-state index contributed by atoms with van der Waals surface area (Å²) < 4.78 is 15.4. The molecular formula is C19H17ClN2O6. The van der Waals surface area contributed by atoms with Gasteiger partial charge in [-0.15, -0.1) is 0 Å². The molecule has 146 valence electrons. The van der Waals surface area contributed by atoms with Gasteiger partial charge in [0.05, 0.1) is 10.6 Å². The third-order valence-electron chi connectivity index (χ3n) is 3.85. The van der Waals surface area contributed by atoms with Crippen LogP contribution in [0, 0.1) is 0 Å². The van der Waals surface area contributed by atoms with Crippen molar-refractivity contribution in [2.75, 3.05) is 6.79 Å². The Labute approximate surface area is 165 Å². The molecule has 0 aliphatic carbocycles. The van der Waals surface area contributed by atoms with Crippen molar-refractivity contribution in [1.82, 2.24) is 10.6 Å². The number of carbonyl (C=O) groups is 3. The van der Waals surface area contributed by atoms with E-state index in [0.717, 1.165) is 5.56 Å². The largest absolute Gasteiger partial charge is 0.454 e. The zero-order chi connectivity index (χ0) is 20.1. The Morgan fingerprint density at radius 2 is 1.93 bits per heavy atom. The van der Waals surface area contributed by atoms with Crippen molar-refractivity contribution in [2.24, 2.45) is 0 Å². The van der Waals surface area contributed by atoms with E-state index in [1.54, 1.807) is 0 Å². The van der Waals surface area contributed by atoms with Crippen LogP contribution in [-0.4, -0.2) is 30.8 Å². The number of ether oxygens (including phenoxy) is 3. The van der Waals surface area contributed by atoms with Gasteiger partial charge in [0, 0.05) is 6.54 Å². The molecule has 0 saturated carbocycles. The van der Waals surface area contributed by atoms with Gasteiger partial charge in [-0.25, -0.2) is 9.59 Å². The molecule has 0 bridgehead atoms. The van der Waals surface area contributed by atoms with Crippen molar-refractivity contribution in [3.8, 4) is 11.5 Å². The molecule has 0 radical (unpaired) electrons. The van der Waals surface area contributed by atoms with Crippen LogP contribution in [0.15, 0.2) is 42.5 Å². The standard InChI is InChI=1S/C19H17ClN2O6/c1-11(17(23)22-19(25)21-9-12-5-3-2-4-6-12)28-18(24)13-7-14(20)16-15(8-13)26-10-27-16/h2-8,11H,9-10H2,1H3,(H2,21,22,23,25)/t11-/m0/s1. The van der Waals surface area contributed by atoms with E-state index in [9.17, 15) is 14.4 Å². The first-order valence-corrected chi connectivity index (χ1v) is 8.74. The fourth-order valence-corrected chi connectivity index (χ4v) is 2.67. The average molecular weight is 405 g/mol. The molecule has 0 aromatic heterocycles. The molecule has 1 heterocycles. The molecule has 0 spiro atoms. The molecule has 9 heteroatoms. The molecule has 3 rings (SSSR count). The number of fused-ring (bicyclic) bond motifs is 1. The normalized spacial score (nSPS) is 12.8. The first kappa shape index (κ1) is 19.5. The van der Waals surface area contributed by atoms with Gasteiger partial charge >= 0.3 is 12.0 Å². The van der Waals surface area contributed by atoms with Gasteiger partial charge in [-0.2, -0.15) is 0 Å². The van der Waals surface area contributed by atoms with Gasteiger partial charge in [0.2, 0.25) is 6.79 Å². The van der Waals surface area contributed by atoms with E-state index in [4.69, 9.17) is 25.8 Å². The predicted molar refractivity (Wildman–Crippen MR) is 99.3 cm³/mol. The minimum atomic E-state index is -1.20. The molecular weight excluding hydrogens is 388 g/mol. The van der Waals surface area contributed by atoms with Crippen LogP contribution in [0.1, 0.15) is 22.8 Å². The summed E-state index contributed by atoms with van der Waals surface area (Å²) in [6.07, 6.45) is -1.20. The molecule has 2 N–H and O–H groups in total. The zero-order valence-corrected chi connectivity index (χ0v) is 15.6. The van der Waals surface area contributed by atoms with E-state index in [-0.39, 0.29) is 23.9 Å². The van der Waals surface area contributed by atoms with Gasteiger partial charge in [0.25, 0.3) is 5.91 Å². The number of esters is 1. The van der Waals surface area contributed by atoms with Crippen LogP contribution in [0.4, 0.5) is 4.79 Å². The lowest BCUT2D eigenvalue weighted by molar-refractivity contribution is -0.127. The molecule has 2 aromatic carbocycles. The van der Waals surface area contributed by atoms with Crippen molar-refractivity contribution in [3.63, 3.8) is 0 Å².